The molecule has 1 aromatic heterocycles. The molecule has 0 fully saturated rings. The second-order valence-electron chi connectivity index (χ2n) is 3.57. The first-order valence-electron chi connectivity index (χ1n) is 5.58. The normalized spacial score (nSPS) is 10.7. The summed E-state index contributed by atoms with van der Waals surface area (Å²) < 4.78 is 0. The van der Waals surface area contributed by atoms with Gasteiger partial charge in [-0.3, -0.25) is 9.78 Å². The average molecular weight is 229 g/mol. The zero-order valence-electron chi connectivity index (χ0n) is 9.81. The number of nitriles is 1. The molecule has 4 nitrogen and oxygen atoms in total. The highest BCUT2D eigenvalue weighted by molar-refractivity contribution is 6.01. The van der Waals surface area contributed by atoms with Crippen LogP contribution in [0.3, 0.4) is 0 Å². The third-order valence-electron chi connectivity index (χ3n) is 2.18. The van der Waals surface area contributed by atoms with E-state index >= 15 is 0 Å². The van der Waals surface area contributed by atoms with E-state index in [1.165, 1.54) is 6.08 Å². The Bertz CT molecular complexity index is 432. The Balaban J connectivity index is 2.69. The summed E-state index contributed by atoms with van der Waals surface area (Å²) in [6.45, 7) is 2.64. The van der Waals surface area contributed by atoms with Crippen LogP contribution in [0.2, 0.25) is 0 Å². The lowest BCUT2D eigenvalue weighted by molar-refractivity contribution is -0.117. The largest absolute Gasteiger partial charge is 0.351 e. The minimum Gasteiger partial charge on any atom is -0.351 e. The third kappa shape index (κ3) is 4.47. The third-order valence-corrected chi connectivity index (χ3v) is 2.18. The lowest BCUT2D eigenvalue weighted by Gasteiger charge is -2.02. The van der Waals surface area contributed by atoms with Gasteiger partial charge in [-0.15, -0.1) is 0 Å². The van der Waals surface area contributed by atoms with Crippen molar-refractivity contribution >= 4 is 12.0 Å². The second kappa shape index (κ2) is 7.18. The van der Waals surface area contributed by atoms with E-state index < -0.39 is 0 Å². The fourth-order valence-corrected chi connectivity index (χ4v) is 1.25. The standard InChI is InChI=1S/C13H15N3O/c1-2-3-7-16-13(17)12(9-14)8-11-5-4-6-15-10-11/h4-6,8,10H,2-3,7H2,1H3,(H,16,17)/b12-8+. The van der Waals surface area contributed by atoms with Crippen molar-refractivity contribution in [2.75, 3.05) is 6.54 Å². The molecule has 1 aromatic rings. The van der Waals surface area contributed by atoms with Crippen LogP contribution in [-0.4, -0.2) is 17.4 Å². The number of hydrogen-bond acceptors (Lipinski definition) is 3. The Morgan fingerprint density at radius 3 is 3.06 bits per heavy atom. The quantitative estimate of drug-likeness (QED) is 0.476. The number of carbonyl (C=O) groups is 1. The van der Waals surface area contributed by atoms with Crippen molar-refractivity contribution in [3.63, 3.8) is 0 Å². The van der Waals surface area contributed by atoms with Crippen LogP contribution in [0.15, 0.2) is 30.1 Å². The van der Waals surface area contributed by atoms with Crippen molar-refractivity contribution in [1.82, 2.24) is 10.3 Å². The van der Waals surface area contributed by atoms with Crippen LogP contribution in [0.5, 0.6) is 0 Å². The van der Waals surface area contributed by atoms with Gasteiger partial charge in [0.15, 0.2) is 0 Å². The maximum Gasteiger partial charge on any atom is 0.261 e. The number of amides is 1. The van der Waals surface area contributed by atoms with E-state index in [0.717, 1.165) is 18.4 Å². The molecule has 4 heteroatoms. The van der Waals surface area contributed by atoms with Gasteiger partial charge in [0.25, 0.3) is 5.91 Å². The minimum atomic E-state index is -0.329. The number of carbonyl (C=O) groups excluding carboxylic acids is 1. The van der Waals surface area contributed by atoms with Crippen molar-refractivity contribution in [3.05, 3.63) is 35.7 Å². The van der Waals surface area contributed by atoms with Crippen molar-refractivity contribution in [1.29, 1.82) is 5.26 Å². The summed E-state index contributed by atoms with van der Waals surface area (Å²) in [5.74, 6) is -0.329. The van der Waals surface area contributed by atoms with E-state index in [1.54, 1.807) is 24.5 Å². The molecule has 0 radical (unpaired) electrons. The molecule has 17 heavy (non-hydrogen) atoms. The average Bonchev–Trinajstić information content (AvgIpc) is 2.37. The smallest absolute Gasteiger partial charge is 0.261 e. The number of nitrogens with one attached hydrogen (secondary N) is 1. The number of rotatable bonds is 5. The fraction of sp³-hybridized carbons (Fsp3) is 0.308. The highest BCUT2D eigenvalue weighted by Crippen LogP contribution is 2.04. The first-order chi connectivity index (χ1) is 8.27. The van der Waals surface area contributed by atoms with Crippen LogP contribution in [-0.2, 0) is 4.79 Å². The molecule has 0 aliphatic carbocycles. The number of nitrogens with zero attached hydrogens (tertiary/aromatic N) is 2. The van der Waals surface area contributed by atoms with E-state index in [9.17, 15) is 4.79 Å². The molecule has 0 unspecified atom stereocenters. The summed E-state index contributed by atoms with van der Waals surface area (Å²) in [7, 11) is 0. The summed E-state index contributed by atoms with van der Waals surface area (Å²) in [4.78, 5) is 15.6. The molecule has 0 aliphatic heterocycles. The Labute approximate surface area is 101 Å². The van der Waals surface area contributed by atoms with Gasteiger partial charge in [-0.25, -0.2) is 0 Å². The summed E-state index contributed by atoms with van der Waals surface area (Å²) in [6, 6.07) is 5.45. The molecule has 1 rings (SSSR count). The van der Waals surface area contributed by atoms with Crippen molar-refractivity contribution < 1.29 is 4.79 Å². The second-order valence-corrected chi connectivity index (χ2v) is 3.57. The number of hydrogen-bond donors (Lipinski definition) is 1. The van der Waals surface area contributed by atoms with Gasteiger partial charge in [0.05, 0.1) is 0 Å². The lowest BCUT2D eigenvalue weighted by atomic mass is 10.1. The molecule has 0 saturated heterocycles. The topological polar surface area (TPSA) is 65.8 Å². The van der Waals surface area contributed by atoms with Crippen molar-refractivity contribution in [2.24, 2.45) is 0 Å². The highest BCUT2D eigenvalue weighted by Gasteiger charge is 2.07. The molecule has 0 aliphatic rings. The monoisotopic (exact) mass is 229 g/mol. The Morgan fingerprint density at radius 2 is 2.47 bits per heavy atom. The molecular weight excluding hydrogens is 214 g/mol. The molecule has 1 heterocycles. The van der Waals surface area contributed by atoms with Gasteiger partial charge in [0, 0.05) is 18.9 Å². The van der Waals surface area contributed by atoms with Gasteiger partial charge in [-0.2, -0.15) is 5.26 Å². The summed E-state index contributed by atoms with van der Waals surface area (Å²) in [5.41, 5.74) is 0.851. The van der Waals surface area contributed by atoms with Crippen LogP contribution in [0.25, 0.3) is 6.08 Å². The van der Waals surface area contributed by atoms with Gasteiger partial charge < -0.3 is 5.32 Å². The van der Waals surface area contributed by atoms with Gasteiger partial charge in [0.1, 0.15) is 11.6 Å². The van der Waals surface area contributed by atoms with E-state index in [1.807, 2.05) is 13.0 Å². The first kappa shape index (κ1) is 12.9. The Morgan fingerprint density at radius 1 is 1.65 bits per heavy atom. The molecule has 1 amide bonds. The Hall–Kier alpha value is -2.15. The first-order valence-corrected chi connectivity index (χ1v) is 5.58. The van der Waals surface area contributed by atoms with Crippen LogP contribution >= 0.6 is 0 Å². The van der Waals surface area contributed by atoms with Crippen molar-refractivity contribution in [2.45, 2.75) is 19.8 Å². The van der Waals surface area contributed by atoms with Crippen LogP contribution in [0, 0.1) is 11.3 Å². The number of unbranched alkanes of at least 4 members (excludes halogenated alkanes) is 1. The summed E-state index contributed by atoms with van der Waals surface area (Å²) in [5, 5.41) is 11.6. The maximum atomic E-state index is 11.6. The van der Waals surface area contributed by atoms with Crippen molar-refractivity contribution in [3.8, 4) is 6.07 Å². The molecule has 1 N–H and O–H groups in total. The maximum absolute atomic E-state index is 11.6. The van der Waals surface area contributed by atoms with E-state index in [4.69, 9.17) is 5.26 Å². The van der Waals surface area contributed by atoms with Crippen LogP contribution in [0.4, 0.5) is 0 Å². The summed E-state index contributed by atoms with van der Waals surface area (Å²) >= 11 is 0. The lowest BCUT2D eigenvalue weighted by Crippen LogP contribution is -2.25. The number of pyridine rings is 1. The molecule has 0 bridgehead atoms. The van der Waals surface area contributed by atoms with E-state index in [2.05, 4.69) is 10.3 Å². The van der Waals surface area contributed by atoms with Gasteiger partial charge in [-0.1, -0.05) is 19.4 Å². The van der Waals surface area contributed by atoms with Gasteiger partial charge in [-0.05, 0) is 24.1 Å². The molecule has 88 valence electrons. The van der Waals surface area contributed by atoms with E-state index in [0.29, 0.717) is 6.54 Å². The zero-order chi connectivity index (χ0) is 12.5. The predicted octanol–water partition coefficient (Wildman–Crippen LogP) is 1.90. The molecule has 0 atom stereocenters. The molecule has 0 spiro atoms. The molecule has 0 aromatic carbocycles. The van der Waals surface area contributed by atoms with Gasteiger partial charge in [0.2, 0.25) is 0 Å². The van der Waals surface area contributed by atoms with Crippen LogP contribution < -0.4 is 5.32 Å². The van der Waals surface area contributed by atoms with E-state index in [-0.39, 0.29) is 11.5 Å². The molecule has 0 saturated carbocycles. The predicted molar refractivity (Wildman–Crippen MR) is 65.7 cm³/mol. The highest BCUT2D eigenvalue weighted by atomic mass is 16.1. The fourth-order valence-electron chi connectivity index (χ4n) is 1.25. The SMILES string of the molecule is CCCCNC(=O)/C(C#N)=C/c1cccnc1. The van der Waals surface area contributed by atoms with Gasteiger partial charge >= 0.3 is 0 Å². The molecular formula is C13H15N3O. The number of aromatic nitrogens is 1. The Kier molecular flexibility index (Phi) is 5.45. The summed E-state index contributed by atoms with van der Waals surface area (Å²) in [6.07, 6.45) is 6.71. The minimum absolute atomic E-state index is 0.106. The zero-order valence-corrected chi connectivity index (χ0v) is 9.81. The van der Waals surface area contributed by atoms with Crippen LogP contribution in [0.1, 0.15) is 25.3 Å².